The Morgan fingerprint density at radius 2 is 1.81 bits per heavy atom. The summed E-state index contributed by atoms with van der Waals surface area (Å²) in [5.41, 5.74) is 1.000. The summed E-state index contributed by atoms with van der Waals surface area (Å²) in [6.07, 6.45) is 14.6. The highest BCUT2D eigenvalue weighted by atomic mass is 32.2. The molecule has 1 nitrogen and oxygen atoms in total. The van der Waals surface area contributed by atoms with E-state index in [4.69, 9.17) is 0 Å². The van der Waals surface area contributed by atoms with Crippen LogP contribution < -0.4 is 0 Å². The number of rotatable bonds is 0. The monoisotopic (exact) mass is 306 g/mol. The average Bonchev–Trinajstić information content (AvgIpc) is 2.80. The maximum absolute atomic E-state index is 10.6. The number of fused-ring (bicyclic) bond motifs is 4. The first-order chi connectivity index (χ1) is 10.2. The Balaban J connectivity index is 1.48. The predicted molar refractivity (Wildman–Crippen MR) is 88.1 cm³/mol. The van der Waals surface area contributed by atoms with Crippen molar-refractivity contribution in [2.45, 2.75) is 81.8 Å². The van der Waals surface area contributed by atoms with Gasteiger partial charge in [0.15, 0.2) is 0 Å². The Labute approximate surface area is 133 Å². The van der Waals surface area contributed by atoms with Crippen LogP contribution in [0.5, 0.6) is 0 Å². The molecule has 5 fully saturated rings. The van der Waals surface area contributed by atoms with Crippen LogP contribution in [0.2, 0.25) is 0 Å². The van der Waals surface area contributed by atoms with Gasteiger partial charge in [-0.15, -0.1) is 11.8 Å². The van der Waals surface area contributed by atoms with E-state index in [2.05, 4.69) is 6.92 Å². The van der Waals surface area contributed by atoms with Gasteiger partial charge in [0.05, 0.1) is 0 Å². The minimum Gasteiger partial charge on any atom is -0.382 e. The van der Waals surface area contributed by atoms with Crippen LogP contribution in [-0.2, 0) is 0 Å². The van der Waals surface area contributed by atoms with Crippen molar-refractivity contribution in [1.82, 2.24) is 0 Å². The molecule has 0 bridgehead atoms. The second kappa shape index (κ2) is 4.44. The third-order valence-corrected chi connectivity index (χ3v) is 10.6. The van der Waals surface area contributed by atoms with Crippen LogP contribution in [0.25, 0.3) is 0 Å². The Bertz CT molecular complexity index is 451. The van der Waals surface area contributed by atoms with Crippen molar-refractivity contribution >= 4 is 11.8 Å². The Morgan fingerprint density at radius 1 is 0.905 bits per heavy atom. The normalized spacial score (nSPS) is 62.0. The first kappa shape index (κ1) is 13.7. The molecule has 1 spiro atoms. The van der Waals surface area contributed by atoms with Crippen molar-refractivity contribution in [2.24, 2.45) is 34.5 Å². The van der Waals surface area contributed by atoms with Crippen molar-refractivity contribution in [1.29, 1.82) is 0 Å². The Morgan fingerprint density at radius 3 is 2.67 bits per heavy atom. The van der Waals surface area contributed by atoms with E-state index in [0.29, 0.717) is 10.8 Å². The van der Waals surface area contributed by atoms with Gasteiger partial charge in [0.2, 0.25) is 0 Å². The third kappa shape index (κ3) is 1.55. The number of hydrogen-bond acceptors (Lipinski definition) is 2. The van der Waals surface area contributed by atoms with Crippen LogP contribution in [0, 0.1) is 34.5 Å². The average molecular weight is 307 g/mol. The fourth-order valence-corrected chi connectivity index (χ4v) is 9.59. The van der Waals surface area contributed by atoms with Crippen molar-refractivity contribution < 1.29 is 5.11 Å². The van der Waals surface area contributed by atoms with Gasteiger partial charge >= 0.3 is 0 Å². The molecule has 3 unspecified atom stereocenters. The third-order valence-electron chi connectivity index (χ3n) is 8.85. The SMILES string of the molecule is C[C@]12CCCCC1CC[C@H]1[C@@H]3CCC4SC(O)[C@@]43CC[C@@H]12. The molecule has 4 aliphatic carbocycles. The van der Waals surface area contributed by atoms with Crippen LogP contribution in [0.1, 0.15) is 71.1 Å². The van der Waals surface area contributed by atoms with Crippen molar-refractivity contribution in [3.05, 3.63) is 0 Å². The summed E-state index contributed by atoms with van der Waals surface area (Å²) in [6.45, 7) is 2.66. The topological polar surface area (TPSA) is 20.2 Å². The van der Waals surface area contributed by atoms with Gasteiger partial charge in [-0.3, -0.25) is 0 Å². The van der Waals surface area contributed by atoms with Gasteiger partial charge < -0.3 is 5.11 Å². The molecule has 1 aliphatic heterocycles. The van der Waals surface area contributed by atoms with Gasteiger partial charge in [-0.1, -0.05) is 19.8 Å². The molecular formula is C19H30OS. The standard InChI is InChI=1S/C19H30OS/c1-18-10-3-2-4-12(18)5-6-13-14(18)9-11-19-15(13)7-8-16(19)21-17(19)20/h12-17,20H,2-11H2,1H3/t12?,13-,14+,15+,16?,17?,18+,19-/m1/s1. The second-order valence-corrected chi connectivity index (χ2v) is 10.4. The summed E-state index contributed by atoms with van der Waals surface area (Å²) in [6, 6.07) is 0. The van der Waals surface area contributed by atoms with E-state index < -0.39 is 0 Å². The highest BCUT2D eigenvalue weighted by Gasteiger charge is 2.68. The van der Waals surface area contributed by atoms with Crippen LogP contribution >= 0.6 is 11.8 Å². The highest BCUT2D eigenvalue weighted by Crippen LogP contribution is 2.73. The smallest absolute Gasteiger partial charge is 0.106 e. The van der Waals surface area contributed by atoms with E-state index in [0.717, 1.165) is 28.9 Å². The fraction of sp³-hybridized carbons (Fsp3) is 1.00. The number of hydrogen-bond donors (Lipinski definition) is 1. The first-order valence-corrected chi connectivity index (χ1v) is 10.4. The molecule has 8 atom stereocenters. The summed E-state index contributed by atoms with van der Waals surface area (Å²) < 4.78 is 0. The molecule has 1 N–H and O–H groups in total. The van der Waals surface area contributed by atoms with Crippen molar-refractivity contribution in [3.63, 3.8) is 0 Å². The van der Waals surface area contributed by atoms with E-state index >= 15 is 0 Å². The molecule has 5 rings (SSSR count). The van der Waals surface area contributed by atoms with E-state index in [9.17, 15) is 5.11 Å². The van der Waals surface area contributed by atoms with Crippen LogP contribution in [0.15, 0.2) is 0 Å². The van der Waals surface area contributed by atoms with E-state index in [1.807, 2.05) is 11.8 Å². The lowest BCUT2D eigenvalue weighted by molar-refractivity contribution is -0.127. The summed E-state index contributed by atoms with van der Waals surface area (Å²) in [5.74, 6) is 3.85. The van der Waals surface area contributed by atoms with E-state index in [-0.39, 0.29) is 5.44 Å². The van der Waals surface area contributed by atoms with Crippen LogP contribution in [0.3, 0.4) is 0 Å². The molecule has 0 amide bonds. The predicted octanol–water partition coefficient (Wildman–Crippen LogP) is 4.83. The lowest BCUT2D eigenvalue weighted by Gasteiger charge is -2.64. The number of aliphatic hydroxyl groups excluding tert-OH is 1. The van der Waals surface area contributed by atoms with Crippen LogP contribution in [0.4, 0.5) is 0 Å². The molecule has 118 valence electrons. The molecule has 1 saturated heterocycles. The first-order valence-electron chi connectivity index (χ1n) is 9.50. The van der Waals surface area contributed by atoms with Crippen molar-refractivity contribution in [2.75, 3.05) is 0 Å². The quantitative estimate of drug-likeness (QED) is 0.691. The molecule has 5 aliphatic rings. The number of thioether (sulfide) groups is 1. The largest absolute Gasteiger partial charge is 0.382 e. The molecule has 1 heterocycles. The van der Waals surface area contributed by atoms with E-state index in [1.165, 1.54) is 64.2 Å². The second-order valence-electron chi connectivity index (χ2n) is 9.11. The molecule has 0 aromatic rings. The highest BCUT2D eigenvalue weighted by molar-refractivity contribution is 8.01. The molecule has 0 radical (unpaired) electrons. The maximum atomic E-state index is 10.6. The van der Waals surface area contributed by atoms with Gasteiger partial charge in [-0.2, -0.15) is 0 Å². The summed E-state index contributed by atoms with van der Waals surface area (Å²) in [7, 11) is 0. The maximum Gasteiger partial charge on any atom is 0.106 e. The van der Waals surface area contributed by atoms with Gasteiger partial charge in [-0.05, 0) is 80.5 Å². The summed E-state index contributed by atoms with van der Waals surface area (Å²) >= 11 is 1.89. The summed E-state index contributed by atoms with van der Waals surface area (Å²) in [4.78, 5) is 0. The van der Waals surface area contributed by atoms with Gasteiger partial charge in [0.1, 0.15) is 5.44 Å². The molecule has 0 aromatic heterocycles. The lowest BCUT2D eigenvalue weighted by Crippen LogP contribution is -2.60. The Kier molecular flexibility index (Phi) is 2.90. The molecule has 4 saturated carbocycles. The number of aliphatic hydroxyl groups is 1. The molecule has 21 heavy (non-hydrogen) atoms. The fourth-order valence-electron chi connectivity index (χ4n) is 7.84. The molecular weight excluding hydrogens is 276 g/mol. The lowest BCUT2D eigenvalue weighted by atomic mass is 9.45. The minimum atomic E-state index is -0.0205. The van der Waals surface area contributed by atoms with Gasteiger partial charge in [0, 0.05) is 10.7 Å². The zero-order valence-electron chi connectivity index (χ0n) is 13.4. The van der Waals surface area contributed by atoms with Crippen LogP contribution in [-0.4, -0.2) is 15.8 Å². The van der Waals surface area contributed by atoms with Gasteiger partial charge in [-0.25, -0.2) is 0 Å². The zero-order valence-corrected chi connectivity index (χ0v) is 14.2. The molecule has 2 heteroatoms. The molecule has 0 aromatic carbocycles. The summed E-state index contributed by atoms with van der Waals surface area (Å²) in [5, 5.41) is 11.4. The van der Waals surface area contributed by atoms with Crippen molar-refractivity contribution in [3.8, 4) is 0 Å². The zero-order chi connectivity index (χ0) is 14.2. The van der Waals surface area contributed by atoms with E-state index in [1.54, 1.807) is 0 Å². The Hall–Kier alpha value is 0.310. The minimum absolute atomic E-state index is 0.0205. The van der Waals surface area contributed by atoms with Gasteiger partial charge in [0.25, 0.3) is 0 Å².